The van der Waals surface area contributed by atoms with Crippen LogP contribution < -0.4 is 0 Å². The molecular formula is C13H22O4. The summed E-state index contributed by atoms with van der Waals surface area (Å²) in [5.41, 5.74) is 0. The van der Waals surface area contributed by atoms with Crippen LogP contribution in [0.3, 0.4) is 0 Å². The van der Waals surface area contributed by atoms with Gasteiger partial charge in [-0.15, -0.1) is 0 Å². The number of carboxylic acid groups (broad SMARTS) is 1. The van der Waals surface area contributed by atoms with Crippen LogP contribution in [0.25, 0.3) is 0 Å². The van der Waals surface area contributed by atoms with Crippen LogP contribution in [0.1, 0.15) is 45.4 Å². The van der Waals surface area contributed by atoms with Crippen molar-refractivity contribution in [2.24, 2.45) is 5.92 Å². The van der Waals surface area contributed by atoms with Crippen molar-refractivity contribution in [1.82, 2.24) is 0 Å². The lowest BCUT2D eigenvalue weighted by molar-refractivity contribution is -0.144. The Morgan fingerprint density at radius 2 is 1.94 bits per heavy atom. The average Bonchev–Trinajstić information content (AvgIpc) is 2.73. The molecule has 1 heterocycles. The molecule has 0 spiro atoms. The fraction of sp³-hybridized carbons (Fsp3) is 0.923. The van der Waals surface area contributed by atoms with Crippen molar-refractivity contribution >= 4 is 5.97 Å². The molecule has 98 valence electrons. The van der Waals surface area contributed by atoms with E-state index in [1.165, 1.54) is 0 Å². The SMILES string of the molecule is CC1CCC(COC2CCC(C(=O)O)CC2)O1. The lowest BCUT2D eigenvalue weighted by atomic mass is 9.87. The van der Waals surface area contributed by atoms with Crippen molar-refractivity contribution in [1.29, 1.82) is 0 Å². The monoisotopic (exact) mass is 242 g/mol. The smallest absolute Gasteiger partial charge is 0.306 e. The zero-order valence-electron chi connectivity index (χ0n) is 10.4. The number of hydrogen-bond acceptors (Lipinski definition) is 3. The summed E-state index contributed by atoms with van der Waals surface area (Å²) in [5.74, 6) is -0.811. The van der Waals surface area contributed by atoms with Gasteiger partial charge in [-0.1, -0.05) is 0 Å². The molecule has 1 saturated carbocycles. The van der Waals surface area contributed by atoms with Gasteiger partial charge in [0.1, 0.15) is 0 Å². The second-order valence-corrected chi connectivity index (χ2v) is 5.29. The maximum atomic E-state index is 10.8. The maximum absolute atomic E-state index is 10.8. The van der Waals surface area contributed by atoms with Gasteiger partial charge >= 0.3 is 5.97 Å². The summed E-state index contributed by atoms with van der Waals surface area (Å²) in [6.45, 7) is 2.77. The van der Waals surface area contributed by atoms with E-state index in [0.29, 0.717) is 12.7 Å². The minimum Gasteiger partial charge on any atom is -0.481 e. The molecular weight excluding hydrogens is 220 g/mol. The Balaban J connectivity index is 1.63. The molecule has 4 nitrogen and oxygen atoms in total. The first-order valence-corrected chi connectivity index (χ1v) is 6.65. The number of rotatable bonds is 4. The highest BCUT2D eigenvalue weighted by Crippen LogP contribution is 2.27. The van der Waals surface area contributed by atoms with Crippen molar-refractivity contribution in [3.05, 3.63) is 0 Å². The third-order valence-electron chi connectivity index (χ3n) is 3.86. The quantitative estimate of drug-likeness (QED) is 0.821. The molecule has 1 aliphatic carbocycles. The van der Waals surface area contributed by atoms with Crippen LogP contribution in [0, 0.1) is 5.92 Å². The molecule has 0 aromatic heterocycles. The molecule has 0 aromatic rings. The lowest BCUT2D eigenvalue weighted by Gasteiger charge is -2.27. The molecule has 1 N–H and O–H groups in total. The van der Waals surface area contributed by atoms with Crippen LogP contribution in [0.15, 0.2) is 0 Å². The Hall–Kier alpha value is -0.610. The predicted molar refractivity (Wildman–Crippen MR) is 62.9 cm³/mol. The van der Waals surface area contributed by atoms with Gasteiger partial charge in [0.05, 0.1) is 30.8 Å². The third-order valence-corrected chi connectivity index (χ3v) is 3.86. The fourth-order valence-electron chi connectivity index (χ4n) is 2.73. The third kappa shape index (κ3) is 3.68. The van der Waals surface area contributed by atoms with Crippen molar-refractivity contribution in [3.8, 4) is 0 Å². The Kier molecular flexibility index (Phi) is 4.40. The molecule has 0 radical (unpaired) electrons. The zero-order chi connectivity index (χ0) is 12.3. The summed E-state index contributed by atoms with van der Waals surface area (Å²) in [6, 6.07) is 0. The highest BCUT2D eigenvalue weighted by molar-refractivity contribution is 5.70. The normalized spacial score (nSPS) is 38.2. The van der Waals surface area contributed by atoms with Crippen LogP contribution in [0.2, 0.25) is 0 Å². The maximum Gasteiger partial charge on any atom is 0.306 e. The van der Waals surface area contributed by atoms with Crippen LogP contribution in [0.4, 0.5) is 0 Å². The molecule has 2 unspecified atom stereocenters. The molecule has 17 heavy (non-hydrogen) atoms. The Labute approximate surface area is 102 Å². The van der Waals surface area contributed by atoms with Gasteiger partial charge in [-0.25, -0.2) is 0 Å². The van der Waals surface area contributed by atoms with Gasteiger partial charge in [-0.2, -0.15) is 0 Å². The van der Waals surface area contributed by atoms with Gasteiger partial charge in [-0.3, -0.25) is 4.79 Å². The van der Waals surface area contributed by atoms with E-state index in [9.17, 15) is 4.79 Å². The van der Waals surface area contributed by atoms with Gasteiger partial charge in [0.2, 0.25) is 0 Å². The number of ether oxygens (including phenoxy) is 2. The summed E-state index contributed by atoms with van der Waals surface area (Å²) in [4.78, 5) is 10.8. The van der Waals surface area contributed by atoms with Crippen molar-refractivity contribution < 1.29 is 19.4 Å². The van der Waals surface area contributed by atoms with Crippen molar-refractivity contribution in [2.75, 3.05) is 6.61 Å². The topological polar surface area (TPSA) is 55.8 Å². The van der Waals surface area contributed by atoms with Crippen LogP contribution >= 0.6 is 0 Å². The van der Waals surface area contributed by atoms with Gasteiger partial charge in [0.25, 0.3) is 0 Å². The highest BCUT2D eigenvalue weighted by atomic mass is 16.5. The van der Waals surface area contributed by atoms with Crippen molar-refractivity contribution in [3.63, 3.8) is 0 Å². The van der Waals surface area contributed by atoms with E-state index in [4.69, 9.17) is 14.6 Å². The number of carbonyl (C=O) groups is 1. The second-order valence-electron chi connectivity index (χ2n) is 5.29. The number of hydrogen-bond donors (Lipinski definition) is 1. The number of aliphatic carboxylic acids is 1. The highest BCUT2D eigenvalue weighted by Gasteiger charge is 2.28. The first kappa shape index (κ1) is 12.8. The summed E-state index contributed by atoms with van der Waals surface area (Å²) >= 11 is 0. The van der Waals surface area contributed by atoms with E-state index in [1.807, 2.05) is 0 Å². The standard InChI is InChI=1S/C13H22O4/c1-9-2-5-12(17-9)8-16-11-6-3-10(4-7-11)13(14)15/h9-12H,2-8H2,1H3,(H,14,15). The molecule has 2 atom stereocenters. The minimum atomic E-state index is -0.656. The second kappa shape index (κ2) is 5.83. The van der Waals surface area contributed by atoms with Gasteiger partial charge in [-0.05, 0) is 45.4 Å². The molecule has 0 amide bonds. The molecule has 0 aromatic carbocycles. The first-order chi connectivity index (χ1) is 8.15. The van der Waals surface area contributed by atoms with Crippen LogP contribution in [-0.4, -0.2) is 36.0 Å². The summed E-state index contributed by atoms with van der Waals surface area (Å²) in [6.07, 6.45) is 6.33. The van der Waals surface area contributed by atoms with E-state index in [1.54, 1.807) is 0 Å². The summed E-state index contributed by atoms with van der Waals surface area (Å²) in [5, 5.41) is 8.90. The molecule has 1 saturated heterocycles. The van der Waals surface area contributed by atoms with Gasteiger partial charge in [0.15, 0.2) is 0 Å². The molecule has 4 heteroatoms. The predicted octanol–water partition coefficient (Wildman–Crippen LogP) is 2.21. The van der Waals surface area contributed by atoms with Gasteiger partial charge < -0.3 is 14.6 Å². The Morgan fingerprint density at radius 3 is 2.47 bits per heavy atom. The molecule has 2 aliphatic rings. The van der Waals surface area contributed by atoms with E-state index >= 15 is 0 Å². The van der Waals surface area contributed by atoms with Crippen LogP contribution in [0.5, 0.6) is 0 Å². The van der Waals surface area contributed by atoms with E-state index < -0.39 is 5.97 Å². The van der Waals surface area contributed by atoms with E-state index in [0.717, 1.165) is 38.5 Å². The summed E-state index contributed by atoms with van der Waals surface area (Å²) < 4.78 is 11.5. The zero-order valence-corrected chi connectivity index (χ0v) is 10.4. The molecule has 2 rings (SSSR count). The minimum absolute atomic E-state index is 0.155. The van der Waals surface area contributed by atoms with E-state index in [-0.39, 0.29) is 18.1 Å². The van der Waals surface area contributed by atoms with Gasteiger partial charge in [0, 0.05) is 0 Å². The van der Waals surface area contributed by atoms with Crippen LogP contribution in [-0.2, 0) is 14.3 Å². The Bertz CT molecular complexity index is 258. The lowest BCUT2D eigenvalue weighted by Crippen LogP contribution is -2.28. The Morgan fingerprint density at radius 1 is 1.24 bits per heavy atom. The number of carboxylic acids is 1. The van der Waals surface area contributed by atoms with E-state index in [2.05, 4.69) is 6.92 Å². The summed E-state index contributed by atoms with van der Waals surface area (Å²) in [7, 11) is 0. The molecule has 1 aliphatic heterocycles. The molecule has 0 bridgehead atoms. The average molecular weight is 242 g/mol. The molecule has 2 fully saturated rings. The van der Waals surface area contributed by atoms with Crippen molar-refractivity contribution in [2.45, 2.75) is 63.8 Å². The first-order valence-electron chi connectivity index (χ1n) is 6.65. The largest absolute Gasteiger partial charge is 0.481 e. The fourth-order valence-corrected chi connectivity index (χ4v) is 2.73.